The minimum Gasteiger partial charge on any atom is -0.383 e. The molecule has 0 aliphatic heterocycles. The zero-order valence-electron chi connectivity index (χ0n) is 7.57. The number of alkyl halides is 1. The van der Waals surface area contributed by atoms with Crippen LogP contribution in [0.2, 0.25) is 0 Å². The minimum atomic E-state index is -3.10. The molecule has 0 atom stereocenters. The highest BCUT2D eigenvalue weighted by Gasteiger charge is 2.35. The molecule has 1 rings (SSSR count). The normalized spacial score (nSPS) is 18.1. The van der Waals surface area contributed by atoms with Gasteiger partial charge in [0, 0.05) is 19.7 Å². The molecule has 0 aromatic rings. The van der Waals surface area contributed by atoms with E-state index in [4.69, 9.17) is 4.74 Å². The molecule has 4 nitrogen and oxygen atoms in total. The first-order chi connectivity index (χ1) is 6.11. The monoisotopic (exact) mass is 271 g/mol. The predicted molar refractivity (Wildman–Crippen MR) is 54.3 cm³/mol. The lowest BCUT2D eigenvalue weighted by molar-refractivity contribution is 0.177. The molecule has 0 spiro atoms. The third-order valence-corrected chi connectivity index (χ3v) is 5.17. The van der Waals surface area contributed by atoms with Crippen LogP contribution in [0.15, 0.2) is 0 Å². The van der Waals surface area contributed by atoms with Crippen LogP contribution in [0.4, 0.5) is 0 Å². The molecule has 0 N–H and O–H groups in total. The number of methoxy groups -OCH3 is 1. The summed E-state index contributed by atoms with van der Waals surface area (Å²) in [5.41, 5.74) is 0. The summed E-state index contributed by atoms with van der Waals surface area (Å²) in [6.45, 7) is 0.928. The van der Waals surface area contributed by atoms with Gasteiger partial charge >= 0.3 is 0 Å². The lowest BCUT2D eigenvalue weighted by Gasteiger charge is -2.19. The van der Waals surface area contributed by atoms with E-state index in [9.17, 15) is 8.42 Å². The number of hydrogen-bond donors (Lipinski definition) is 0. The molecule has 1 aliphatic rings. The second kappa shape index (κ2) is 4.72. The van der Waals surface area contributed by atoms with Gasteiger partial charge in [0.05, 0.1) is 6.61 Å². The van der Waals surface area contributed by atoms with Crippen molar-refractivity contribution in [3.05, 3.63) is 0 Å². The molecule has 0 aromatic carbocycles. The molecule has 0 aromatic heterocycles. The van der Waals surface area contributed by atoms with Crippen LogP contribution in [-0.4, -0.2) is 43.7 Å². The van der Waals surface area contributed by atoms with Gasteiger partial charge in [-0.15, -0.1) is 0 Å². The van der Waals surface area contributed by atoms with Gasteiger partial charge in [-0.1, -0.05) is 15.9 Å². The van der Waals surface area contributed by atoms with Crippen molar-refractivity contribution >= 4 is 26.0 Å². The first kappa shape index (κ1) is 11.4. The standard InChI is InChI=1S/C7H14BrNO3S/c1-12-5-4-9(7-2-3-7)13(10,11)6-8/h7H,2-6H2,1H3. The Kier molecular flexibility index (Phi) is 4.15. The van der Waals surface area contributed by atoms with Gasteiger partial charge in [-0.3, -0.25) is 0 Å². The Morgan fingerprint density at radius 2 is 2.15 bits per heavy atom. The van der Waals surface area contributed by atoms with Gasteiger partial charge in [0.2, 0.25) is 10.0 Å². The van der Waals surface area contributed by atoms with Crippen LogP contribution < -0.4 is 0 Å². The van der Waals surface area contributed by atoms with E-state index in [-0.39, 0.29) is 10.7 Å². The fraction of sp³-hybridized carbons (Fsp3) is 1.00. The van der Waals surface area contributed by atoms with Gasteiger partial charge in [0.25, 0.3) is 0 Å². The van der Waals surface area contributed by atoms with Crippen molar-refractivity contribution in [2.24, 2.45) is 0 Å². The highest BCUT2D eigenvalue weighted by molar-refractivity contribution is 9.10. The van der Waals surface area contributed by atoms with Gasteiger partial charge in [-0.05, 0) is 12.8 Å². The zero-order valence-corrected chi connectivity index (χ0v) is 9.97. The van der Waals surface area contributed by atoms with E-state index in [0.29, 0.717) is 13.2 Å². The highest BCUT2D eigenvalue weighted by Crippen LogP contribution is 2.29. The van der Waals surface area contributed by atoms with Gasteiger partial charge in [0.15, 0.2) is 0 Å². The maximum Gasteiger partial charge on any atom is 0.224 e. The molecule has 0 bridgehead atoms. The Hall–Kier alpha value is 0.350. The molecule has 0 radical (unpaired) electrons. The van der Waals surface area contributed by atoms with Crippen LogP contribution >= 0.6 is 15.9 Å². The number of halogens is 1. The average Bonchev–Trinajstić information content (AvgIpc) is 2.89. The number of nitrogens with zero attached hydrogens (tertiary/aromatic N) is 1. The van der Waals surface area contributed by atoms with E-state index in [1.54, 1.807) is 7.11 Å². The van der Waals surface area contributed by atoms with Gasteiger partial charge in [0.1, 0.15) is 4.66 Å². The number of rotatable bonds is 6. The van der Waals surface area contributed by atoms with Gasteiger partial charge in [-0.25, -0.2) is 8.42 Å². The molecule has 13 heavy (non-hydrogen) atoms. The fourth-order valence-electron chi connectivity index (χ4n) is 1.16. The van der Waals surface area contributed by atoms with Crippen LogP contribution in [0.3, 0.4) is 0 Å². The summed E-state index contributed by atoms with van der Waals surface area (Å²) in [4.78, 5) is 0. The first-order valence-electron chi connectivity index (χ1n) is 4.16. The summed E-state index contributed by atoms with van der Waals surface area (Å²) < 4.78 is 29.4. The molecule has 0 saturated heterocycles. The molecule has 0 heterocycles. The molecule has 6 heteroatoms. The van der Waals surface area contributed by atoms with Crippen LogP contribution in [0.5, 0.6) is 0 Å². The number of hydrogen-bond acceptors (Lipinski definition) is 3. The van der Waals surface area contributed by atoms with E-state index >= 15 is 0 Å². The summed E-state index contributed by atoms with van der Waals surface area (Å²) in [5, 5.41) is 0. The van der Waals surface area contributed by atoms with Crippen LogP contribution in [-0.2, 0) is 14.8 Å². The van der Waals surface area contributed by atoms with E-state index < -0.39 is 10.0 Å². The molecule has 1 fully saturated rings. The molecule has 1 aliphatic carbocycles. The summed E-state index contributed by atoms with van der Waals surface area (Å²) in [6, 6.07) is 0.220. The van der Waals surface area contributed by atoms with E-state index in [1.807, 2.05) is 0 Å². The predicted octanol–water partition coefficient (Wildman–Crippen LogP) is 0.779. The SMILES string of the molecule is COCCN(C1CC1)S(=O)(=O)CBr. The van der Waals surface area contributed by atoms with Crippen LogP contribution in [0.1, 0.15) is 12.8 Å². The maximum atomic E-state index is 11.5. The van der Waals surface area contributed by atoms with Crippen molar-refractivity contribution in [2.45, 2.75) is 18.9 Å². The lowest BCUT2D eigenvalue weighted by Crippen LogP contribution is -2.36. The van der Waals surface area contributed by atoms with Crippen molar-refractivity contribution in [3.8, 4) is 0 Å². The molecule has 0 amide bonds. The summed E-state index contributed by atoms with van der Waals surface area (Å²) in [7, 11) is -1.52. The zero-order chi connectivity index (χ0) is 9.90. The smallest absolute Gasteiger partial charge is 0.224 e. The second-order valence-corrected chi connectivity index (χ2v) is 6.28. The van der Waals surface area contributed by atoms with Crippen LogP contribution in [0, 0.1) is 0 Å². The largest absolute Gasteiger partial charge is 0.383 e. The first-order valence-corrected chi connectivity index (χ1v) is 6.89. The molecule has 0 unspecified atom stereocenters. The van der Waals surface area contributed by atoms with Gasteiger partial charge in [-0.2, -0.15) is 4.31 Å². The third-order valence-electron chi connectivity index (χ3n) is 1.97. The van der Waals surface area contributed by atoms with E-state index in [2.05, 4.69) is 15.9 Å². The third kappa shape index (κ3) is 3.19. The molecular weight excluding hydrogens is 258 g/mol. The second-order valence-electron chi connectivity index (χ2n) is 3.06. The summed E-state index contributed by atoms with van der Waals surface area (Å²) >= 11 is 2.99. The van der Waals surface area contributed by atoms with E-state index in [0.717, 1.165) is 12.8 Å². The summed E-state index contributed by atoms with van der Waals surface area (Å²) in [6.07, 6.45) is 1.96. The number of ether oxygens (including phenoxy) is 1. The quantitative estimate of drug-likeness (QED) is 0.671. The average molecular weight is 272 g/mol. The molecular formula is C7H14BrNO3S. The highest BCUT2D eigenvalue weighted by atomic mass is 79.9. The van der Waals surface area contributed by atoms with E-state index in [1.165, 1.54) is 4.31 Å². The van der Waals surface area contributed by atoms with Crippen molar-refractivity contribution in [2.75, 3.05) is 24.9 Å². The maximum absolute atomic E-state index is 11.5. The Morgan fingerprint density at radius 3 is 2.54 bits per heavy atom. The van der Waals surface area contributed by atoms with Gasteiger partial charge < -0.3 is 4.74 Å². The molecule has 1 saturated carbocycles. The lowest BCUT2D eigenvalue weighted by atomic mass is 10.6. The summed E-state index contributed by atoms with van der Waals surface area (Å²) in [5.74, 6) is 0. The Balaban J connectivity index is 2.56. The van der Waals surface area contributed by atoms with Crippen molar-refractivity contribution < 1.29 is 13.2 Å². The Bertz CT molecular complexity index is 250. The van der Waals surface area contributed by atoms with Crippen LogP contribution in [0.25, 0.3) is 0 Å². The Morgan fingerprint density at radius 1 is 1.54 bits per heavy atom. The van der Waals surface area contributed by atoms with Crippen molar-refractivity contribution in [3.63, 3.8) is 0 Å². The number of sulfonamides is 1. The topological polar surface area (TPSA) is 46.6 Å². The molecule has 78 valence electrons. The minimum absolute atomic E-state index is 0.000213. The fourth-order valence-corrected chi connectivity index (χ4v) is 3.09. The van der Waals surface area contributed by atoms with Crippen molar-refractivity contribution in [1.82, 2.24) is 4.31 Å². The van der Waals surface area contributed by atoms with Crippen molar-refractivity contribution in [1.29, 1.82) is 0 Å². The Labute approximate surface area is 87.4 Å².